The Morgan fingerprint density at radius 3 is 2.58 bits per heavy atom. The number of hydrogen-bond acceptors (Lipinski definition) is 2. The summed E-state index contributed by atoms with van der Waals surface area (Å²) in [4.78, 5) is 15.7. The number of carbonyl (C=O) groups is 1. The zero-order chi connectivity index (χ0) is 13.8. The number of carboxylic acid groups (broad SMARTS) is 1. The average molecular weight is 255 g/mol. The monoisotopic (exact) mass is 255 g/mol. The fraction of sp³-hybridized carbons (Fsp3) is 0.250. The number of aliphatic carboxylic acids is 1. The first kappa shape index (κ1) is 13.3. The third-order valence-electron chi connectivity index (χ3n) is 3.37. The average Bonchev–Trinajstić information content (AvgIpc) is 2.40. The Balaban J connectivity index is 2.30. The van der Waals surface area contributed by atoms with Crippen LogP contribution in [0.1, 0.15) is 28.3 Å². The second-order valence-electron chi connectivity index (χ2n) is 4.76. The van der Waals surface area contributed by atoms with E-state index in [1.807, 2.05) is 50.2 Å². The van der Waals surface area contributed by atoms with Crippen LogP contribution in [-0.2, 0) is 11.2 Å². The van der Waals surface area contributed by atoms with Crippen molar-refractivity contribution in [1.82, 2.24) is 4.98 Å². The van der Waals surface area contributed by atoms with E-state index in [4.69, 9.17) is 0 Å². The van der Waals surface area contributed by atoms with E-state index in [1.165, 1.54) is 5.56 Å². The number of hydrogen-bond donors (Lipinski definition) is 1. The van der Waals surface area contributed by atoms with Crippen molar-refractivity contribution in [2.24, 2.45) is 0 Å². The Morgan fingerprint density at radius 2 is 2.00 bits per heavy atom. The predicted molar refractivity (Wildman–Crippen MR) is 74.2 cm³/mol. The highest BCUT2D eigenvalue weighted by Crippen LogP contribution is 2.22. The van der Waals surface area contributed by atoms with Crippen LogP contribution in [0.3, 0.4) is 0 Å². The number of aromatic nitrogens is 1. The minimum absolute atomic E-state index is 0.415. The standard InChI is InChI=1S/C16H17NO2/c1-11-6-7-13(9-12(11)2)15(16(18)19)10-14-5-3-4-8-17-14/h3-9,15H,10H2,1-2H3,(H,18,19). The van der Waals surface area contributed by atoms with Crippen molar-refractivity contribution in [1.29, 1.82) is 0 Å². The smallest absolute Gasteiger partial charge is 0.311 e. The molecule has 3 heteroatoms. The largest absolute Gasteiger partial charge is 0.481 e. The van der Waals surface area contributed by atoms with E-state index >= 15 is 0 Å². The third kappa shape index (κ3) is 3.19. The maximum atomic E-state index is 11.5. The molecule has 0 amide bonds. The van der Waals surface area contributed by atoms with Gasteiger partial charge in [-0.15, -0.1) is 0 Å². The molecule has 1 aromatic heterocycles. The Bertz CT molecular complexity index is 579. The van der Waals surface area contributed by atoms with Crippen LogP contribution in [0.2, 0.25) is 0 Å². The fourth-order valence-electron chi connectivity index (χ4n) is 2.06. The van der Waals surface area contributed by atoms with Crippen molar-refractivity contribution < 1.29 is 9.90 Å². The Morgan fingerprint density at radius 1 is 1.21 bits per heavy atom. The summed E-state index contributed by atoms with van der Waals surface area (Å²) in [5, 5.41) is 9.42. The van der Waals surface area contributed by atoms with Gasteiger partial charge in [-0.05, 0) is 42.7 Å². The van der Waals surface area contributed by atoms with Gasteiger partial charge < -0.3 is 5.11 Å². The van der Waals surface area contributed by atoms with Gasteiger partial charge in [0, 0.05) is 18.3 Å². The van der Waals surface area contributed by atoms with Crippen molar-refractivity contribution in [3.05, 3.63) is 65.0 Å². The second kappa shape index (κ2) is 5.65. The van der Waals surface area contributed by atoms with Crippen LogP contribution in [0, 0.1) is 13.8 Å². The molecule has 1 unspecified atom stereocenters. The normalized spacial score (nSPS) is 12.1. The molecule has 1 N–H and O–H groups in total. The molecule has 0 aliphatic heterocycles. The minimum atomic E-state index is -0.811. The summed E-state index contributed by atoms with van der Waals surface area (Å²) in [5.74, 6) is -1.36. The van der Waals surface area contributed by atoms with Gasteiger partial charge in [0.05, 0.1) is 5.92 Å². The van der Waals surface area contributed by atoms with E-state index in [-0.39, 0.29) is 0 Å². The number of carboxylic acids is 1. The SMILES string of the molecule is Cc1ccc(C(Cc2ccccn2)C(=O)O)cc1C. The fourth-order valence-corrected chi connectivity index (χ4v) is 2.06. The molecule has 19 heavy (non-hydrogen) atoms. The van der Waals surface area contributed by atoms with Gasteiger partial charge in [-0.3, -0.25) is 9.78 Å². The Labute approximate surface area is 112 Å². The molecular formula is C16H17NO2. The summed E-state index contributed by atoms with van der Waals surface area (Å²) < 4.78 is 0. The molecule has 0 radical (unpaired) electrons. The lowest BCUT2D eigenvalue weighted by molar-refractivity contribution is -0.138. The van der Waals surface area contributed by atoms with Gasteiger partial charge in [0.15, 0.2) is 0 Å². The van der Waals surface area contributed by atoms with Crippen molar-refractivity contribution >= 4 is 5.97 Å². The molecule has 0 aliphatic rings. The highest BCUT2D eigenvalue weighted by molar-refractivity contribution is 5.76. The number of aryl methyl sites for hydroxylation is 2. The first-order chi connectivity index (χ1) is 9.08. The summed E-state index contributed by atoms with van der Waals surface area (Å²) in [6.45, 7) is 4.02. The molecule has 0 spiro atoms. The van der Waals surface area contributed by atoms with E-state index in [1.54, 1.807) is 6.20 Å². The van der Waals surface area contributed by atoms with Crippen LogP contribution in [0.15, 0.2) is 42.6 Å². The summed E-state index contributed by atoms with van der Waals surface area (Å²) in [6.07, 6.45) is 2.10. The van der Waals surface area contributed by atoms with Crippen LogP contribution in [0.25, 0.3) is 0 Å². The van der Waals surface area contributed by atoms with Crippen LogP contribution < -0.4 is 0 Å². The maximum Gasteiger partial charge on any atom is 0.311 e. The molecule has 3 nitrogen and oxygen atoms in total. The quantitative estimate of drug-likeness (QED) is 0.913. The lowest BCUT2D eigenvalue weighted by Gasteiger charge is -2.14. The summed E-state index contributed by atoms with van der Waals surface area (Å²) >= 11 is 0. The molecule has 2 aromatic rings. The molecule has 1 aromatic carbocycles. The molecule has 1 atom stereocenters. The highest BCUT2D eigenvalue weighted by Gasteiger charge is 2.21. The van der Waals surface area contributed by atoms with Gasteiger partial charge in [-0.2, -0.15) is 0 Å². The van der Waals surface area contributed by atoms with E-state index in [0.29, 0.717) is 6.42 Å². The molecule has 98 valence electrons. The lowest BCUT2D eigenvalue weighted by atomic mass is 9.92. The highest BCUT2D eigenvalue weighted by atomic mass is 16.4. The number of rotatable bonds is 4. The van der Waals surface area contributed by atoms with Gasteiger partial charge >= 0.3 is 5.97 Å². The van der Waals surface area contributed by atoms with Crippen LogP contribution >= 0.6 is 0 Å². The number of nitrogens with zero attached hydrogens (tertiary/aromatic N) is 1. The minimum Gasteiger partial charge on any atom is -0.481 e. The lowest BCUT2D eigenvalue weighted by Crippen LogP contribution is -2.15. The zero-order valence-corrected chi connectivity index (χ0v) is 11.1. The summed E-state index contributed by atoms with van der Waals surface area (Å²) in [5.41, 5.74) is 3.92. The van der Waals surface area contributed by atoms with Gasteiger partial charge in [0.2, 0.25) is 0 Å². The van der Waals surface area contributed by atoms with Gasteiger partial charge in [0.1, 0.15) is 0 Å². The number of pyridine rings is 1. The van der Waals surface area contributed by atoms with Crippen molar-refractivity contribution in [2.75, 3.05) is 0 Å². The third-order valence-corrected chi connectivity index (χ3v) is 3.37. The maximum absolute atomic E-state index is 11.5. The second-order valence-corrected chi connectivity index (χ2v) is 4.76. The van der Waals surface area contributed by atoms with E-state index in [2.05, 4.69) is 4.98 Å². The van der Waals surface area contributed by atoms with Gasteiger partial charge in [-0.1, -0.05) is 24.3 Å². The Hall–Kier alpha value is -2.16. The molecule has 1 heterocycles. The molecule has 0 bridgehead atoms. The molecular weight excluding hydrogens is 238 g/mol. The Kier molecular flexibility index (Phi) is 3.95. The van der Waals surface area contributed by atoms with E-state index in [9.17, 15) is 9.90 Å². The van der Waals surface area contributed by atoms with Crippen molar-refractivity contribution in [3.63, 3.8) is 0 Å². The van der Waals surface area contributed by atoms with Crippen molar-refractivity contribution in [3.8, 4) is 0 Å². The zero-order valence-electron chi connectivity index (χ0n) is 11.1. The first-order valence-corrected chi connectivity index (χ1v) is 6.28. The topological polar surface area (TPSA) is 50.2 Å². The molecule has 0 saturated heterocycles. The molecule has 2 rings (SSSR count). The summed E-state index contributed by atoms with van der Waals surface area (Å²) in [7, 11) is 0. The number of benzene rings is 1. The molecule has 0 aliphatic carbocycles. The van der Waals surface area contributed by atoms with Crippen molar-refractivity contribution in [2.45, 2.75) is 26.2 Å². The van der Waals surface area contributed by atoms with Gasteiger partial charge in [0.25, 0.3) is 0 Å². The predicted octanol–water partition coefficient (Wildman–Crippen LogP) is 3.11. The van der Waals surface area contributed by atoms with Crippen LogP contribution in [-0.4, -0.2) is 16.1 Å². The van der Waals surface area contributed by atoms with Gasteiger partial charge in [-0.25, -0.2) is 0 Å². The van der Waals surface area contributed by atoms with Crippen LogP contribution in [0.5, 0.6) is 0 Å². The molecule has 0 fully saturated rings. The van der Waals surface area contributed by atoms with E-state index in [0.717, 1.165) is 16.8 Å². The summed E-state index contributed by atoms with van der Waals surface area (Å²) in [6, 6.07) is 11.4. The van der Waals surface area contributed by atoms with E-state index < -0.39 is 11.9 Å². The first-order valence-electron chi connectivity index (χ1n) is 6.28. The molecule has 0 saturated carbocycles. The van der Waals surface area contributed by atoms with Crippen LogP contribution in [0.4, 0.5) is 0 Å².